The number of halogens is 1. The number of benzene rings is 2. The molecule has 2 aromatic carbocycles. The zero-order chi connectivity index (χ0) is 28.1. The molecule has 10 heteroatoms. The van der Waals surface area contributed by atoms with Crippen molar-refractivity contribution in [2.24, 2.45) is 4.40 Å². The molecule has 0 aliphatic rings. The van der Waals surface area contributed by atoms with Crippen LogP contribution >= 0.6 is 11.3 Å². The number of hydrogen-bond acceptors (Lipinski definition) is 7. The molecule has 0 saturated carbocycles. The summed E-state index contributed by atoms with van der Waals surface area (Å²) >= 11 is -0.110. The van der Waals surface area contributed by atoms with Gasteiger partial charge in [0, 0.05) is 23.6 Å². The van der Waals surface area contributed by atoms with Crippen LogP contribution in [0.25, 0.3) is 0 Å². The highest BCUT2D eigenvalue weighted by atomic mass is 32.2. The van der Waals surface area contributed by atoms with E-state index in [9.17, 15) is 13.7 Å². The maximum Gasteiger partial charge on any atom is 0.419 e. The van der Waals surface area contributed by atoms with Crippen molar-refractivity contribution >= 4 is 45.9 Å². The molecule has 3 aromatic rings. The molecule has 1 aromatic heterocycles. The molecule has 0 saturated heterocycles. The van der Waals surface area contributed by atoms with Crippen molar-refractivity contribution in [3.05, 3.63) is 76.2 Å². The van der Waals surface area contributed by atoms with Gasteiger partial charge in [-0.25, -0.2) is 14.1 Å². The molecule has 204 valence electrons. The number of thiophene rings is 1. The monoisotopic (exact) mass is 560 g/mol. The van der Waals surface area contributed by atoms with E-state index in [1.165, 1.54) is 47.6 Å². The van der Waals surface area contributed by atoms with E-state index in [0.717, 1.165) is 5.56 Å². The molecule has 0 spiro atoms. The molecular weight excluding hydrogens is 527 g/mol. The van der Waals surface area contributed by atoms with Gasteiger partial charge in [-0.1, -0.05) is 4.40 Å². The van der Waals surface area contributed by atoms with Crippen LogP contribution in [0.1, 0.15) is 52.7 Å². The van der Waals surface area contributed by atoms with E-state index < -0.39 is 33.6 Å². The molecule has 1 heterocycles. The van der Waals surface area contributed by atoms with Gasteiger partial charge in [-0.2, -0.15) is 11.3 Å². The SMILES string of the molecule is COCOc1ccc(N(C(=O)OC(C)(C)C)c2ccc(F)cc2)cc1/C(=N/[S+]([O-])C(C)(C)C)c1ccsc1. The predicted octanol–water partition coefficient (Wildman–Crippen LogP) is 7.24. The maximum absolute atomic E-state index is 13.7. The largest absolute Gasteiger partial charge is 0.591 e. The molecular formula is C28H33FN2O5S2. The lowest BCUT2D eigenvalue weighted by Gasteiger charge is -2.28. The number of hydrogen-bond donors (Lipinski definition) is 0. The fraction of sp³-hybridized carbons (Fsp3) is 0.357. The predicted molar refractivity (Wildman–Crippen MR) is 152 cm³/mol. The van der Waals surface area contributed by atoms with Crippen molar-refractivity contribution < 1.29 is 27.9 Å². The quantitative estimate of drug-likeness (QED) is 0.165. The zero-order valence-corrected chi connectivity index (χ0v) is 24.2. The molecule has 0 fully saturated rings. The fourth-order valence-electron chi connectivity index (χ4n) is 3.22. The van der Waals surface area contributed by atoms with Crippen molar-refractivity contribution in [2.75, 3.05) is 18.8 Å². The van der Waals surface area contributed by atoms with Gasteiger partial charge in [0.1, 0.15) is 39.0 Å². The molecule has 1 amide bonds. The number of nitrogens with zero attached hydrogens (tertiary/aromatic N) is 2. The third kappa shape index (κ3) is 7.80. The molecule has 3 rings (SSSR count). The first-order valence-electron chi connectivity index (χ1n) is 11.9. The second-order valence-electron chi connectivity index (χ2n) is 10.3. The maximum atomic E-state index is 13.7. The highest BCUT2D eigenvalue weighted by Gasteiger charge is 2.30. The number of anilines is 2. The van der Waals surface area contributed by atoms with E-state index in [4.69, 9.17) is 14.2 Å². The Bertz CT molecular complexity index is 1250. The molecule has 0 aliphatic carbocycles. The van der Waals surface area contributed by atoms with E-state index in [1.807, 2.05) is 37.6 Å². The summed E-state index contributed by atoms with van der Waals surface area (Å²) in [4.78, 5) is 14.7. The average Bonchev–Trinajstić information content (AvgIpc) is 3.36. The second-order valence-corrected chi connectivity index (χ2v) is 13.0. The van der Waals surface area contributed by atoms with Crippen LogP contribution in [0.5, 0.6) is 5.75 Å². The Balaban J connectivity index is 2.25. The lowest BCUT2D eigenvalue weighted by molar-refractivity contribution is 0.0509. The van der Waals surface area contributed by atoms with Crippen molar-refractivity contribution in [2.45, 2.75) is 51.9 Å². The third-order valence-corrected chi connectivity index (χ3v) is 7.04. The Morgan fingerprint density at radius 1 is 1.05 bits per heavy atom. The number of methoxy groups -OCH3 is 1. The highest BCUT2D eigenvalue weighted by Crippen LogP contribution is 2.34. The Morgan fingerprint density at radius 2 is 1.71 bits per heavy atom. The molecule has 0 radical (unpaired) electrons. The zero-order valence-electron chi connectivity index (χ0n) is 22.6. The summed E-state index contributed by atoms with van der Waals surface area (Å²) in [6.07, 6.45) is -0.645. The van der Waals surface area contributed by atoms with Crippen LogP contribution in [0, 0.1) is 5.82 Å². The van der Waals surface area contributed by atoms with Gasteiger partial charge < -0.3 is 18.8 Å². The summed E-state index contributed by atoms with van der Waals surface area (Å²) in [5.74, 6) is -0.00636. The van der Waals surface area contributed by atoms with E-state index in [0.29, 0.717) is 28.4 Å². The molecule has 0 N–H and O–H groups in total. The topological polar surface area (TPSA) is 83.4 Å². The molecule has 38 heavy (non-hydrogen) atoms. The minimum Gasteiger partial charge on any atom is -0.591 e. The summed E-state index contributed by atoms with van der Waals surface area (Å²) in [5.41, 5.74) is 1.76. The van der Waals surface area contributed by atoms with Gasteiger partial charge in [-0.15, -0.1) is 0 Å². The summed E-state index contributed by atoms with van der Waals surface area (Å²) in [6, 6.07) is 12.5. The van der Waals surface area contributed by atoms with Gasteiger partial charge in [0.15, 0.2) is 6.79 Å². The van der Waals surface area contributed by atoms with Gasteiger partial charge in [-0.3, -0.25) is 0 Å². The van der Waals surface area contributed by atoms with E-state index >= 15 is 0 Å². The molecule has 7 nitrogen and oxygen atoms in total. The summed E-state index contributed by atoms with van der Waals surface area (Å²) in [5, 5.41) is 3.80. The first kappa shape index (κ1) is 29.6. The molecule has 1 atom stereocenters. The summed E-state index contributed by atoms with van der Waals surface area (Å²) in [7, 11) is 1.51. The Hall–Kier alpha value is -2.92. The minimum absolute atomic E-state index is 0.0284. The fourth-order valence-corrected chi connectivity index (χ4v) is 4.51. The van der Waals surface area contributed by atoms with Crippen LogP contribution in [0.15, 0.2) is 63.7 Å². The Morgan fingerprint density at radius 3 is 2.26 bits per heavy atom. The van der Waals surface area contributed by atoms with Gasteiger partial charge in [-0.05, 0) is 95.5 Å². The minimum atomic E-state index is -1.59. The number of ether oxygens (including phenoxy) is 3. The van der Waals surface area contributed by atoms with Crippen molar-refractivity contribution in [1.82, 2.24) is 0 Å². The highest BCUT2D eigenvalue weighted by molar-refractivity contribution is 7.91. The number of rotatable bonds is 8. The number of amides is 1. The van der Waals surface area contributed by atoms with Gasteiger partial charge in [0.2, 0.25) is 0 Å². The van der Waals surface area contributed by atoms with Crippen molar-refractivity contribution in [3.8, 4) is 5.75 Å². The average molecular weight is 561 g/mol. The Kier molecular flexibility index (Phi) is 9.59. The number of carbonyl (C=O) groups excluding carboxylic acids is 1. The Labute approximate surface area is 230 Å². The molecule has 0 aliphatic heterocycles. The third-order valence-electron chi connectivity index (χ3n) is 4.96. The van der Waals surface area contributed by atoms with Crippen molar-refractivity contribution in [3.63, 3.8) is 0 Å². The lowest BCUT2D eigenvalue weighted by atomic mass is 10.0. The van der Waals surface area contributed by atoms with Crippen LogP contribution in [0.2, 0.25) is 0 Å². The van der Waals surface area contributed by atoms with Crippen LogP contribution in [0.4, 0.5) is 20.6 Å². The van der Waals surface area contributed by atoms with E-state index in [1.54, 1.807) is 39.0 Å². The van der Waals surface area contributed by atoms with Crippen LogP contribution in [0.3, 0.4) is 0 Å². The normalized spacial score (nSPS) is 13.2. The lowest BCUT2D eigenvalue weighted by Crippen LogP contribution is -2.34. The van der Waals surface area contributed by atoms with Gasteiger partial charge >= 0.3 is 6.09 Å². The summed E-state index contributed by atoms with van der Waals surface area (Å²) in [6.45, 7) is 10.8. The van der Waals surface area contributed by atoms with Gasteiger partial charge in [0.05, 0.1) is 11.4 Å². The van der Waals surface area contributed by atoms with Crippen molar-refractivity contribution in [1.29, 1.82) is 0 Å². The first-order chi connectivity index (χ1) is 17.8. The summed E-state index contributed by atoms with van der Waals surface area (Å²) < 4.78 is 47.5. The van der Waals surface area contributed by atoms with Crippen LogP contribution in [-0.2, 0) is 20.8 Å². The second kappa shape index (κ2) is 12.3. The smallest absolute Gasteiger partial charge is 0.419 e. The van der Waals surface area contributed by atoms with E-state index in [2.05, 4.69) is 4.40 Å². The van der Waals surface area contributed by atoms with Gasteiger partial charge in [0.25, 0.3) is 0 Å². The molecule has 0 bridgehead atoms. The van der Waals surface area contributed by atoms with Crippen LogP contribution < -0.4 is 9.64 Å². The molecule has 1 unspecified atom stereocenters. The van der Waals surface area contributed by atoms with Crippen LogP contribution in [-0.4, -0.2) is 40.6 Å². The van der Waals surface area contributed by atoms with E-state index in [-0.39, 0.29) is 6.79 Å². The number of carbonyl (C=O) groups is 1. The first-order valence-corrected chi connectivity index (χ1v) is 13.9. The standard InChI is InChI=1S/C28H33FN2O5S2/c1-27(2,3)36-26(32)31(21-10-8-20(29)9-11-21)22-12-13-24(35-18-34-7)23(16-22)25(19-14-15-37-17-19)30-38(33)28(4,5)6/h8-17H,18H2,1-7H3/b30-25+.